The van der Waals surface area contributed by atoms with Crippen LogP contribution in [-0.2, 0) is 6.42 Å². The summed E-state index contributed by atoms with van der Waals surface area (Å²) in [7, 11) is 0. The molecular formula is C8H9N3. The lowest BCUT2D eigenvalue weighted by Crippen LogP contribution is -1.92. The number of rotatable bonds is 1. The Kier molecular flexibility index (Phi) is 1.35. The summed E-state index contributed by atoms with van der Waals surface area (Å²) in [6, 6.07) is 3.89. The Balaban J connectivity index is 2.67. The van der Waals surface area contributed by atoms with Crippen LogP contribution in [0.1, 0.15) is 12.6 Å². The molecule has 0 unspecified atom stereocenters. The third-order valence-electron chi connectivity index (χ3n) is 1.68. The third-order valence-corrected chi connectivity index (χ3v) is 1.68. The first-order valence-electron chi connectivity index (χ1n) is 3.69. The van der Waals surface area contributed by atoms with Crippen molar-refractivity contribution in [3.05, 3.63) is 30.2 Å². The van der Waals surface area contributed by atoms with E-state index in [1.54, 1.807) is 10.7 Å². The van der Waals surface area contributed by atoms with Crippen molar-refractivity contribution >= 4 is 5.65 Å². The van der Waals surface area contributed by atoms with E-state index in [9.17, 15) is 0 Å². The van der Waals surface area contributed by atoms with E-state index < -0.39 is 0 Å². The first-order valence-corrected chi connectivity index (χ1v) is 3.69. The fourth-order valence-electron chi connectivity index (χ4n) is 1.05. The molecule has 2 heterocycles. The molecule has 0 aliphatic heterocycles. The fourth-order valence-corrected chi connectivity index (χ4v) is 1.05. The molecule has 0 N–H and O–H groups in total. The summed E-state index contributed by atoms with van der Waals surface area (Å²) >= 11 is 0. The van der Waals surface area contributed by atoms with Crippen molar-refractivity contribution < 1.29 is 0 Å². The molecule has 0 spiro atoms. The summed E-state index contributed by atoms with van der Waals surface area (Å²) < 4.78 is 1.76. The second-order valence-corrected chi connectivity index (χ2v) is 2.41. The molecule has 0 aliphatic rings. The molecule has 2 aromatic rings. The summed E-state index contributed by atoms with van der Waals surface area (Å²) in [6.07, 6.45) is 4.66. The first kappa shape index (κ1) is 6.34. The van der Waals surface area contributed by atoms with Crippen LogP contribution in [0.25, 0.3) is 5.65 Å². The Morgan fingerprint density at radius 1 is 1.45 bits per heavy atom. The van der Waals surface area contributed by atoms with Crippen molar-refractivity contribution in [1.29, 1.82) is 0 Å². The van der Waals surface area contributed by atoms with Gasteiger partial charge in [0.25, 0.3) is 0 Å². The average Bonchev–Trinajstić information content (AvgIpc) is 2.50. The lowest BCUT2D eigenvalue weighted by atomic mass is 10.3. The molecule has 2 rings (SSSR count). The predicted molar refractivity (Wildman–Crippen MR) is 42.4 cm³/mol. The minimum atomic E-state index is 0.921. The van der Waals surface area contributed by atoms with Gasteiger partial charge in [0.05, 0.1) is 6.20 Å². The van der Waals surface area contributed by atoms with Crippen LogP contribution in [0.2, 0.25) is 0 Å². The van der Waals surface area contributed by atoms with Gasteiger partial charge in [-0.25, -0.2) is 9.50 Å². The Bertz CT molecular complexity index is 364. The third kappa shape index (κ3) is 0.981. The minimum Gasteiger partial charge on any atom is -0.234 e. The fraction of sp³-hybridized carbons (Fsp3) is 0.250. The summed E-state index contributed by atoms with van der Waals surface area (Å²) in [5, 5.41) is 4.05. The average molecular weight is 147 g/mol. The van der Waals surface area contributed by atoms with E-state index in [1.165, 1.54) is 0 Å². The number of fused-ring (bicyclic) bond motifs is 1. The molecule has 3 heteroatoms. The number of hydrogen-bond acceptors (Lipinski definition) is 2. The van der Waals surface area contributed by atoms with Crippen LogP contribution in [-0.4, -0.2) is 14.6 Å². The van der Waals surface area contributed by atoms with Crippen LogP contribution in [0.3, 0.4) is 0 Å². The summed E-state index contributed by atoms with van der Waals surface area (Å²) in [6.45, 7) is 2.09. The number of aromatic nitrogens is 3. The van der Waals surface area contributed by atoms with Gasteiger partial charge in [0.2, 0.25) is 0 Å². The highest BCUT2D eigenvalue weighted by atomic mass is 15.2. The van der Waals surface area contributed by atoms with Gasteiger partial charge in [0.15, 0.2) is 5.65 Å². The minimum absolute atomic E-state index is 0.921. The van der Waals surface area contributed by atoms with Gasteiger partial charge in [-0.15, -0.1) is 0 Å². The molecule has 3 nitrogen and oxygen atoms in total. The van der Waals surface area contributed by atoms with Gasteiger partial charge in [-0.1, -0.05) is 6.92 Å². The highest BCUT2D eigenvalue weighted by Gasteiger charge is 1.94. The van der Waals surface area contributed by atoms with E-state index in [0.717, 1.165) is 17.8 Å². The van der Waals surface area contributed by atoms with Crippen molar-refractivity contribution in [2.24, 2.45) is 0 Å². The maximum absolute atomic E-state index is 4.35. The molecule has 2 aromatic heterocycles. The van der Waals surface area contributed by atoms with Crippen molar-refractivity contribution in [2.75, 3.05) is 0 Å². The molecule has 56 valence electrons. The van der Waals surface area contributed by atoms with E-state index >= 15 is 0 Å². The van der Waals surface area contributed by atoms with Gasteiger partial charge in [-0.05, 0) is 12.5 Å². The quantitative estimate of drug-likeness (QED) is 0.608. The van der Waals surface area contributed by atoms with Gasteiger partial charge in [0, 0.05) is 18.0 Å². The predicted octanol–water partition coefficient (Wildman–Crippen LogP) is 1.29. The maximum atomic E-state index is 4.35. The molecule has 0 atom stereocenters. The SMILES string of the molecule is CCc1ccn2nccc2n1. The van der Waals surface area contributed by atoms with Crippen LogP contribution >= 0.6 is 0 Å². The second-order valence-electron chi connectivity index (χ2n) is 2.41. The normalized spacial score (nSPS) is 10.6. The Hall–Kier alpha value is -1.38. The smallest absolute Gasteiger partial charge is 0.155 e. The second kappa shape index (κ2) is 2.34. The molecule has 0 fully saturated rings. The summed E-state index contributed by atoms with van der Waals surface area (Å²) in [5.41, 5.74) is 2.03. The largest absolute Gasteiger partial charge is 0.234 e. The zero-order chi connectivity index (χ0) is 7.68. The molecule has 0 saturated heterocycles. The van der Waals surface area contributed by atoms with E-state index in [-0.39, 0.29) is 0 Å². The molecular weight excluding hydrogens is 138 g/mol. The lowest BCUT2D eigenvalue weighted by Gasteiger charge is -1.95. The number of nitrogens with zero attached hydrogens (tertiary/aromatic N) is 3. The molecule has 0 saturated carbocycles. The van der Waals surface area contributed by atoms with Crippen LogP contribution in [0, 0.1) is 0 Å². The maximum Gasteiger partial charge on any atom is 0.155 e. The summed E-state index contributed by atoms with van der Waals surface area (Å²) in [4.78, 5) is 4.35. The number of aryl methyl sites for hydroxylation is 1. The molecule has 0 radical (unpaired) electrons. The highest BCUT2D eigenvalue weighted by Crippen LogP contribution is 2.00. The van der Waals surface area contributed by atoms with Gasteiger partial charge in [-0.2, -0.15) is 5.10 Å². The topological polar surface area (TPSA) is 30.2 Å². The van der Waals surface area contributed by atoms with Gasteiger partial charge >= 0.3 is 0 Å². The number of hydrogen-bond donors (Lipinski definition) is 0. The van der Waals surface area contributed by atoms with E-state index in [4.69, 9.17) is 0 Å². The molecule has 0 amide bonds. The van der Waals surface area contributed by atoms with E-state index in [2.05, 4.69) is 17.0 Å². The molecule has 0 aliphatic carbocycles. The van der Waals surface area contributed by atoms with Crippen LogP contribution in [0.5, 0.6) is 0 Å². The first-order chi connectivity index (χ1) is 5.40. The van der Waals surface area contributed by atoms with E-state index in [0.29, 0.717) is 0 Å². The van der Waals surface area contributed by atoms with Gasteiger partial charge in [-0.3, -0.25) is 0 Å². The zero-order valence-corrected chi connectivity index (χ0v) is 6.36. The van der Waals surface area contributed by atoms with Gasteiger partial charge < -0.3 is 0 Å². The van der Waals surface area contributed by atoms with Crippen LogP contribution < -0.4 is 0 Å². The van der Waals surface area contributed by atoms with Crippen molar-refractivity contribution in [3.8, 4) is 0 Å². The Morgan fingerprint density at radius 2 is 2.36 bits per heavy atom. The molecule has 0 bridgehead atoms. The van der Waals surface area contributed by atoms with Crippen molar-refractivity contribution in [2.45, 2.75) is 13.3 Å². The summed E-state index contributed by atoms with van der Waals surface area (Å²) in [5.74, 6) is 0. The van der Waals surface area contributed by atoms with Crippen LogP contribution in [0.15, 0.2) is 24.5 Å². The zero-order valence-electron chi connectivity index (χ0n) is 6.36. The van der Waals surface area contributed by atoms with Crippen molar-refractivity contribution in [3.63, 3.8) is 0 Å². The lowest BCUT2D eigenvalue weighted by molar-refractivity contribution is 0.912. The Labute approximate surface area is 64.7 Å². The van der Waals surface area contributed by atoms with E-state index in [1.807, 2.05) is 18.3 Å². The standard InChI is InChI=1S/C8H9N3/c1-2-7-4-6-11-8(10-7)3-5-9-11/h3-6H,2H2,1H3. The molecule has 11 heavy (non-hydrogen) atoms. The monoisotopic (exact) mass is 147 g/mol. The van der Waals surface area contributed by atoms with Crippen LogP contribution in [0.4, 0.5) is 0 Å². The highest BCUT2D eigenvalue weighted by molar-refractivity contribution is 5.36. The Morgan fingerprint density at radius 3 is 3.18 bits per heavy atom. The van der Waals surface area contributed by atoms with Gasteiger partial charge in [0.1, 0.15) is 0 Å². The van der Waals surface area contributed by atoms with Crippen molar-refractivity contribution in [1.82, 2.24) is 14.6 Å². The molecule has 0 aromatic carbocycles.